The molecule has 0 radical (unpaired) electrons. The normalized spacial score (nSPS) is 12.5. The molecule has 0 aliphatic rings. The van der Waals surface area contributed by atoms with E-state index >= 15 is 0 Å². The lowest BCUT2D eigenvalue weighted by molar-refractivity contribution is -0.137. The largest absolute Gasteiger partial charge is 0.416 e. The zero-order chi connectivity index (χ0) is 14.3. The Bertz CT molecular complexity index is 413. The van der Waals surface area contributed by atoms with Crippen LogP contribution in [0.5, 0.6) is 0 Å². The van der Waals surface area contributed by atoms with E-state index in [0.717, 1.165) is 12.1 Å². The second-order valence-corrected chi connectivity index (χ2v) is 5.55. The first-order valence-corrected chi connectivity index (χ1v) is 7.67. The molecule has 0 saturated heterocycles. The fraction of sp³-hybridized carbons (Fsp3) is 0.385. The summed E-state index contributed by atoms with van der Waals surface area (Å²) in [6.07, 6.45) is -2.70. The first-order chi connectivity index (χ1) is 8.97. The van der Waals surface area contributed by atoms with E-state index in [9.17, 15) is 13.2 Å². The zero-order valence-electron chi connectivity index (χ0n) is 10.9. The predicted octanol–water partition coefficient (Wildman–Crippen LogP) is 3.55. The summed E-state index contributed by atoms with van der Waals surface area (Å²) in [7, 11) is -1.92. The van der Waals surface area contributed by atoms with Crippen molar-refractivity contribution in [1.29, 1.82) is 0 Å². The minimum Gasteiger partial charge on any atom is -0.394 e. The molecular weight excluding hydrogens is 273 g/mol. The van der Waals surface area contributed by atoms with Crippen molar-refractivity contribution in [2.24, 2.45) is 0 Å². The topological polar surface area (TPSA) is 18.5 Å². The summed E-state index contributed by atoms with van der Waals surface area (Å²) in [5.41, 5.74) is 1.58. The first kappa shape index (κ1) is 15.9. The molecule has 106 valence electrons. The van der Waals surface area contributed by atoms with Gasteiger partial charge in [0.05, 0.1) is 5.56 Å². The highest BCUT2D eigenvalue weighted by molar-refractivity contribution is 6.51. The number of rotatable bonds is 6. The van der Waals surface area contributed by atoms with Gasteiger partial charge >= 0.3 is 15.5 Å². The van der Waals surface area contributed by atoms with Gasteiger partial charge in [0.1, 0.15) is 0 Å². The number of halogens is 3. The molecule has 19 heavy (non-hydrogen) atoms. The van der Waals surface area contributed by atoms with Gasteiger partial charge in [0, 0.05) is 13.2 Å². The molecule has 1 aromatic carbocycles. The second kappa shape index (κ2) is 7.47. The highest BCUT2D eigenvalue weighted by atomic mass is 28.3. The third-order valence-electron chi connectivity index (χ3n) is 2.32. The molecule has 1 rings (SSSR count). The highest BCUT2D eigenvalue weighted by Crippen LogP contribution is 2.29. The van der Waals surface area contributed by atoms with Crippen molar-refractivity contribution in [3.63, 3.8) is 0 Å². The molecule has 0 fully saturated rings. The van der Waals surface area contributed by atoms with Crippen molar-refractivity contribution >= 4 is 15.4 Å². The summed E-state index contributed by atoms with van der Waals surface area (Å²) >= 11 is 0. The average molecular weight is 290 g/mol. The SMILES string of the molecule is CCO[SiH](C=Cc1cccc(C(F)(F)F)c1)OCC. The Morgan fingerprint density at radius 2 is 1.79 bits per heavy atom. The fourth-order valence-electron chi connectivity index (χ4n) is 1.50. The maximum atomic E-state index is 12.5. The average Bonchev–Trinajstić information content (AvgIpc) is 2.36. The molecule has 0 aromatic heterocycles. The second-order valence-electron chi connectivity index (χ2n) is 3.76. The van der Waals surface area contributed by atoms with Gasteiger partial charge in [0.2, 0.25) is 0 Å². The van der Waals surface area contributed by atoms with Crippen LogP contribution < -0.4 is 0 Å². The summed E-state index contributed by atoms with van der Waals surface area (Å²) in [5, 5.41) is 0. The number of hydrogen-bond acceptors (Lipinski definition) is 2. The quantitative estimate of drug-likeness (QED) is 0.746. The summed E-state index contributed by atoms with van der Waals surface area (Å²) < 4.78 is 48.4. The Balaban J connectivity index is 2.80. The van der Waals surface area contributed by atoms with Crippen molar-refractivity contribution in [2.75, 3.05) is 13.2 Å². The van der Waals surface area contributed by atoms with E-state index in [2.05, 4.69) is 0 Å². The van der Waals surface area contributed by atoms with E-state index in [-0.39, 0.29) is 0 Å². The zero-order valence-corrected chi connectivity index (χ0v) is 12.1. The van der Waals surface area contributed by atoms with Crippen molar-refractivity contribution in [2.45, 2.75) is 20.0 Å². The van der Waals surface area contributed by atoms with E-state index in [1.165, 1.54) is 6.07 Å². The van der Waals surface area contributed by atoms with E-state index in [1.807, 2.05) is 13.8 Å². The van der Waals surface area contributed by atoms with E-state index in [1.54, 1.807) is 17.8 Å². The third kappa shape index (κ3) is 5.58. The Labute approximate surface area is 112 Å². The van der Waals surface area contributed by atoms with Gasteiger partial charge in [-0.1, -0.05) is 18.2 Å². The first-order valence-electron chi connectivity index (χ1n) is 6.06. The van der Waals surface area contributed by atoms with Crippen LogP contribution in [0.15, 0.2) is 30.0 Å². The van der Waals surface area contributed by atoms with Crippen LogP contribution in [0.2, 0.25) is 0 Å². The lowest BCUT2D eigenvalue weighted by atomic mass is 10.1. The molecule has 0 bridgehead atoms. The Hall–Kier alpha value is -1.11. The maximum Gasteiger partial charge on any atom is 0.416 e. The molecule has 2 nitrogen and oxygen atoms in total. The van der Waals surface area contributed by atoms with Crippen molar-refractivity contribution in [1.82, 2.24) is 0 Å². The lowest BCUT2D eigenvalue weighted by Gasteiger charge is -2.10. The summed E-state index contributed by atoms with van der Waals surface area (Å²) in [6, 6.07) is 5.17. The van der Waals surface area contributed by atoms with Crippen LogP contribution in [0.25, 0.3) is 6.08 Å². The molecule has 0 heterocycles. The van der Waals surface area contributed by atoms with Gasteiger partial charge < -0.3 is 8.85 Å². The Kier molecular flexibility index (Phi) is 6.27. The van der Waals surface area contributed by atoms with Crippen LogP contribution in [0.3, 0.4) is 0 Å². The summed E-state index contributed by atoms with van der Waals surface area (Å²) in [6.45, 7) is 4.78. The van der Waals surface area contributed by atoms with Crippen LogP contribution in [0, 0.1) is 0 Å². The maximum absolute atomic E-state index is 12.5. The minimum absolute atomic E-state index is 0.492. The van der Waals surface area contributed by atoms with Gasteiger partial charge in [-0.3, -0.25) is 0 Å². The van der Waals surface area contributed by atoms with Crippen molar-refractivity contribution in [3.8, 4) is 0 Å². The molecule has 0 atom stereocenters. The molecule has 0 aliphatic heterocycles. The van der Waals surface area contributed by atoms with Gasteiger partial charge in [-0.25, -0.2) is 0 Å². The monoisotopic (exact) mass is 290 g/mol. The molecule has 0 amide bonds. The highest BCUT2D eigenvalue weighted by Gasteiger charge is 2.30. The standard InChI is InChI=1S/C13H17F3O2Si/c1-3-17-19(18-4-2)9-8-11-6-5-7-12(10-11)13(14,15)16/h5-10,19H,3-4H2,1-2H3. The summed E-state index contributed by atoms with van der Waals surface area (Å²) in [5.74, 6) is 0. The van der Waals surface area contributed by atoms with E-state index in [0.29, 0.717) is 18.8 Å². The third-order valence-corrected chi connectivity index (χ3v) is 4.15. The molecule has 0 saturated carbocycles. The van der Waals surface area contributed by atoms with E-state index < -0.39 is 21.0 Å². The van der Waals surface area contributed by atoms with Crippen LogP contribution in [-0.4, -0.2) is 22.5 Å². The molecule has 0 unspecified atom stereocenters. The van der Waals surface area contributed by atoms with Crippen molar-refractivity contribution < 1.29 is 22.0 Å². The molecule has 1 aromatic rings. The molecule has 0 N–H and O–H groups in total. The van der Waals surface area contributed by atoms with Crippen LogP contribution in [0.1, 0.15) is 25.0 Å². The van der Waals surface area contributed by atoms with Gasteiger partial charge in [-0.05, 0) is 37.2 Å². The Morgan fingerprint density at radius 3 is 2.32 bits per heavy atom. The number of alkyl halides is 3. The van der Waals surface area contributed by atoms with Crippen molar-refractivity contribution in [3.05, 3.63) is 41.1 Å². The molecular formula is C13H17F3O2Si. The fourth-order valence-corrected chi connectivity index (χ4v) is 2.85. The van der Waals surface area contributed by atoms with Gasteiger partial charge in [0.25, 0.3) is 0 Å². The van der Waals surface area contributed by atoms with Crippen LogP contribution >= 0.6 is 0 Å². The van der Waals surface area contributed by atoms with Gasteiger partial charge in [-0.15, -0.1) is 0 Å². The van der Waals surface area contributed by atoms with Gasteiger partial charge in [-0.2, -0.15) is 13.2 Å². The molecule has 0 spiro atoms. The molecule has 0 aliphatic carbocycles. The smallest absolute Gasteiger partial charge is 0.394 e. The van der Waals surface area contributed by atoms with Crippen LogP contribution in [-0.2, 0) is 15.0 Å². The number of benzene rings is 1. The Morgan fingerprint density at radius 1 is 1.16 bits per heavy atom. The van der Waals surface area contributed by atoms with Crippen LogP contribution in [0.4, 0.5) is 13.2 Å². The lowest BCUT2D eigenvalue weighted by Crippen LogP contribution is -2.20. The number of hydrogen-bond donors (Lipinski definition) is 0. The van der Waals surface area contributed by atoms with E-state index in [4.69, 9.17) is 8.85 Å². The minimum atomic E-state index is -4.32. The molecule has 6 heteroatoms. The predicted molar refractivity (Wildman–Crippen MR) is 70.9 cm³/mol. The summed E-state index contributed by atoms with van der Waals surface area (Å²) in [4.78, 5) is 0. The van der Waals surface area contributed by atoms with Gasteiger partial charge in [0.15, 0.2) is 0 Å².